The Labute approximate surface area is 338 Å². The van der Waals surface area contributed by atoms with Crippen LogP contribution in [0.15, 0.2) is 231 Å². The summed E-state index contributed by atoms with van der Waals surface area (Å²) in [5.74, 6) is 0. The molecule has 0 amide bonds. The van der Waals surface area contributed by atoms with Gasteiger partial charge in [-0.2, -0.15) is 0 Å². The molecule has 0 bridgehead atoms. The van der Waals surface area contributed by atoms with Gasteiger partial charge in [0.05, 0.1) is 11.0 Å². The van der Waals surface area contributed by atoms with E-state index in [2.05, 4.69) is 240 Å². The molecule has 2 nitrogen and oxygen atoms in total. The summed E-state index contributed by atoms with van der Waals surface area (Å²) >= 11 is 0. The molecule has 1 heterocycles. The Morgan fingerprint density at radius 1 is 0.259 bits per heavy atom. The fraction of sp³-hybridized carbons (Fsp3) is 0. The van der Waals surface area contributed by atoms with Gasteiger partial charge in [0.15, 0.2) is 0 Å². The van der Waals surface area contributed by atoms with Gasteiger partial charge >= 0.3 is 0 Å². The Hall–Kier alpha value is -7.68. The second-order valence-electron chi connectivity index (χ2n) is 15.0. The van der Waals surface area contributed by atoms with Crippen molar-refractivity contribution < 1.29 is 0 Å². The monoisotopic (exact) mass is 738 g/mol. The van der Waals surface area contributed by atoms with Crippen LogP contribution < -0.4 is 4.90 Å². The molecule has 0 fully saturated rings. The molecule has 0 aliphatic rings. The maximum atomic E-state index is 2.42. The lowest BCUT2D eigenvalue weighted by atomic mass is 10.00. The molecule has 272 valence electrons. The van der Waals surface area contributed by atoms with E-state index in [1.54, 1.807) is 0 Å². The summed E-state index contributed by atoms with van der Waals surface area (Å²) in [5, 5.41) is 7.50. The highest BCUT2D eigenvalue weighted by Gasteiger charge is 2.16. The van der Waals surface area contributed by atoms with Crippen molar-refractivity contribution >= 4 is 60.4 Å². The van der Waals surface area contributed by atoms with E-state index in [0.29, 0.717) is 0 Å². The van der Waals surface area contributed by atoms with Gasteiger partial charge in [-0.15, -0.1) is 0 Å². The van der Waals surface area contributed by atoms with E-state index in [1.165, 1.54) is 82.4 Å². The van der Waals surface area contributed by atoms with E-state index in [0.717, 1.165) is 17.1 Å². The number of hydrogen-bond donors (Lipinski definition) is 0. The second kappa shape index (κ2) is 14.1. The minimum absolute atomic E-state index is 1.10. The van der Waals surface area contributed by atoms with E-state index in [4.69, 9.17) is 0 Å². The lowest BCUT2D eigenvalue weighted by molar-refractivity contribution is 1.19. The molecule has 11 aromatic rings. The van der Waals surface area contributed by atoms with Crippen molar-refractivity contribution in [3.8, 4) is 39.1 Å². The summed E-state index contributed by atoms with van der Waals surface area (Å²) in [7, 11) is 0. The minimum atomic E-state index is 1.10. The molecule has 0 saturated carbocycles. The molecule has 0 atom stereocenters. The van der Waals surface area contributed by atoms with Crippen molar-refractivity contribution in [1.82, 2.24) is 4.57 Å². The Morgan fingerprint density at radius 3 is 1.48 bits per heavy atom. The largest absolute Gasteiger partial charge is 0.310 e. The summed E-state index contributed by atoms with van der Waals surface area (Å²) in [6.45, 7) is 0. The van der Waals surface area contributed by atoms with Crippen molar-refractivity contribution in [1.29, 1.82) is 0 Å². The highest BCUT2D eigenvalue weighted by Crippen LogP contribution is 2.40. The number of benzene rings is 10. The third-order valence-corrected chi connectivity index (χ3v) is 11.5. The average molecular weight is 739 g/mol. The highest BCUT2D eigenvalue weighted by atomic mass is 15.1. The number of fused-ring (bicyclic) bond motifs is 5. The van der Waals surface area contributed by atoms with Crippen molar-refractivity contribution in [3.63, 3.8) is 0 Å². The molecule has 11 rings (SSSR count). The highest BCUT2D eigenvalue weighted by molar-refractivity contribution is 6.13. The van der Waals surface area contributed by atoms with Crippen LogP contribution >= 0.6 is 0 Å². The molecule has 0 spiro atoms. The lowest BCUT2D eigenvalue weighted by Crippen LogP contribution is -2.10. The van der Waals surface area contributed by atoms with Crippen LogP contribution in [-0.2, 0) is 0 Å². The Bertz CT molecular complexity index is 3250. The number of anilines is 3. The summed E-state index contributed by atoms with van der Waals surface area (Å²) < 4.78 is 2.42. The third-order valence-electron chi connectivity index (χ3n) is 11.5. The number of rotatable bonds is 7. The van der Waals surface area contributed by atoms with Crippen molar-refractivity contribution in [2.45, 2.75) is 0 Å². The predicted octanol–water partition coefficient (Wildman–Crippen LogP) is 15.6. The number of para-hydroxylation sites is 1. The molecule has 0 aliphatic heterocycles. The van der Waals surface area contributed by atoms with Gasteiger partial charge in [0, 0.05) is 33.5 Å². The minimum Gasteiger partial charge on any atom is -0.310 e. The van der Waals surface area contributed by atoms with E-state index in [9.17, 15) is 0 Å². The fourth-order valence-electron chi connectivity index (χ4n) is 8.62. The number of aromatic nitrogens is 1. The van der Waals surface area contributed by atoms with Crippen molar-refractivity contribution in [2.24, 2.45) is 0 Å². The molecule has 1 aromatic heterocycles. The third kappa shape index (κ3) is 6.00. The lowest BCUT2D eigenvalue weighted by Gasteiger charge is -2.26. The number of nitrogens with zero attached hydrogens (tertiary/aromatic N) is 2. The van der Waals surface area contributed by atoms with Gasteiger partial charge in [0.1, 0.15) is 0 Å². The summed E-state index contributed by atoms with van der Waals surface area (Å²) in [4.78, 5) is 2.35. The van der Waals surface area contributed by atoms with Crippen LogP contribution in [0.5, 0.6) is 0 Å². The summed E-state index contributed by atoms with van der Waals surface area (Å²) in [5.41, 5.74) is 14.1. The molecule has 2 heteroatoms. The molecule has 58 heavy (non-hydrogen) atoms. The van der Waals surface area contributed by atoms with Gasteiger partial charge in [0.2, 0.25) is 0 Å². The normalized spacial score (nSPS) is 11.4. The maximum absolute atomic E-state index is 2.42. The summed E-state index contributed by atoms with van der Waals surface area (Å²) in [6.07, 6.45) is 0. The standard InChI is InChI=1S/C56H38N2/c1-3-12-39(13-4-1)41-24-29-49(30-25-41)57(51-19-11-18-43(35-51)40-14-5-2-6-15-40)50-31-26-42(27-32-50)46-22-23-48-36-52(33-28-47(48)34-46)58-55-21-10-9-20-53(55)54-37-44-16-7-8-17-45(44)38-56(54)58/h1-38H. The fourth-order valence-corrected chi connectivity index (χ4v) is 8.62. The first-order valence-corrected chi connectivity index (χ1v) is 19.9. The van der Waals surface area contributed by atoms with Gasteiger partial charge in [-0.1, -0.05) is 158 Å². The van der Waals surface area contributed by atoms with E-state index in [-0.39, 0.29) is 0 Å². The predicted molar refractivity (Wildman–Crippen MR) is 247 cm³/mol. The Morgan fingerprint density at radius 2 is 0.759 bits per heavy atom. The van der Waals surface area contributed by atoms with Crippen LogP contribution in [-0.4, -0.2) is 4.57 Å². The first kappa shape index (κ1) is 33.6. The first-order valence-electron chi connectivity index (χ1n) is 19.9. The molecule has 0 saturated heterocycles. The van der Waals surface area contributed by atoms with Crippen molar-refractivity contribution in [2.75, 3.05) is 4.90 Å². The van der Waals surface area contributed by atoms with Crippen LogP contribution in [0.1, 0.15) is 0 Å². The molecule has 0 unspecified atom stereocenters. The smallest absolute Gasteiger partial charge is 0.0547 e. The van der Waals surface area contributed by atoms with Gasteiger partial charge in [0.25, 0.3) is 0 Å². The van der Waals surface area contributed by atoms with E-state index >= 15 is 0 Å². The first-order chi connectivity index (χ1) is 28.7. The zero-order valence-corrected chi connectivity index (χ0v) is 31.8. The van der Waals surface area contributed by atoms with Crippen LogP contribution in [0, 0.1) is 0 Å². The van der Waals surface area contributed by atoms with Crippen LogP contribution in [0.3, 0.4) is 0 Å². The Kier molecular flexibility index (Phi) is 8.19. The SMILES string of the molecule is c1ccc(-c2ccc(N(c3ccc(-c4ccc5cc(-n6c7ccccc7c7cc8ccccc8cc76)ccc5c4)cc3)c3cccc(-c4ccccc4)c3)cc2)cc1. The van der Waals surface area contributed by atoms with E-state index in [1.807, 2.05) is 0 Å². The number of hydrogen-bond acceptors (Lipinski definition) is 1. The maximum Gasteiger partial charge on any atom is 0.0547 e. The topological polar surface area (TPSA) is 8.17 Å². The quantitative estimate of drug-likeness (QED) is 0.158. The molecule has 0 radical (unpaired) electrons. The van der Waals surface area contributed by atoms with Crippen LogP contribution in [0.4, 0.5) is 17.1 Å². The molecular weight excluding hydrogens is 701 g/mol. The zero-order chi connectivity index (χ0) is 38.4. The van der Waals surface area contributed by atoms with Crippen LogP contribution in [0.25, 0.3) is 82.4 Å². The summed E-state index contributed by atoms with van der Waals surface area (Å²) in [6, 6.07) is 83.6. The second-order valence-corrected chi connectivity index (χ2v) is 15.0. The van der Waals surface area contributed by atoms with Gasteiger partial charge in [-0.25, -0.2) is 0 Å². The van der Waals surface area contributed by atoms with E-state index < -0.39 is 0 Å². The molecule has 0 N–H and O–H groups in total. The van der Waals surface area contributed by atoms with Gasteiger partial charge in [-0.05, 0) is 128 Å². The van der Waals surface area contributed by atoms with Crippen molar-refractivity contribution in [3.05, 3.63) is 231 Å². The van der Waals surface area contributed by atoms with Gasteiger partial charge < -0.3 is 9.47 Å². The average Bonchev–Trinajstić information content (AvgIpc) is 3.62. The molecule has 0 aliphatic carbocycles. The Balaban J connectivity index is 0.950. The van der Waals surface area contributed by atoms with Crippen LogP contribution in [0.2, 0.25) is 0 Å². The van der Waals surface area contributed by atoms with Gasteiger partial charge in [-0.3, -0.25) is 0 Å². The molecule has 10 aromatic carbocycles. The zero-order valence-electron chi connectivity index (χ0n) is 31.8. The molecular formula is C56H38N2.